The molecule has 0 spiro atoms. The predicted molar refractivity (Wildman–Crippen MR) is 90.2 cm³/mol. The molecule has 3 rings (SSSR count). The SMILES string of the molecule is COC(=O)C(C)Sc1ncnc2scc(-c3ccccc3)c12. The minimum atomic E-state index is -0.313. The fraction of sp³-hybridized carbons (Fsp3) is 0.188. The molecule has 0 aliphatic rings. The third kappa shape index (κ3) is 2.84. The lowest BCUT2D eigenvalue weighted by Gasteiger charge is -2.09. The van der Waals surface area contributed by atoms with Crippen molar-refractivity contribution >= 4 is 39.3 Å². The molecule has 3 aromatic rings. The lowest BCUT2D eigenvalue weighted by atomic mass is 10.1. The van der Waals surface area contributed by atoms with E-state index in [1.54, 1.807) is 17.7 Å². The van der Waals surface area contributed by atoms with Crippen LogP contribution in [0.25, 0.3) is 21.3 Å². The summed E-state index contributed by atoms with van der Waals surface area (Å²) in [5, 5.41) is 3.58. The molecule has 0 aliphatic carbocycles. The van der Waals surface area contributed by atoms with Crippen LogP contribution < -0.4 is 0 Å². The van der Waals surface area contributed by atoms with Crippen LogP contribution in [-0.4, -0.2) is 28.3 Å². The summed E-state index contributed by atoms with van der Waals surface area (Å²) in [6.45, 7) is 1.82. The number of ether oxygens (including phenoxy) is 1. The Morgan fingerprint density at radius 2 is 2.05 bits per heavy atom. The monoisotopic (exact) mass is 330 g/mol. The molecule has 2 heterocycles. The van der Waals surface area contributed by atoms with Gasteiger partial charge in [-0.25, -0.2) is 9.97 Å². The first kappa shape index (κ1) is 15.0. The van der Waals surface area contributed by atoms with Crippen LogP contribution in [-0.2, 0) is 9.53 Å². The molecule has 1 atom stereocenters. The van der Waals surface area contributed by atoms with Crippen molar-refractivity contribution in [1.29, 1.82) is 0 Å². The van der Waals surface area contributed by atoms with E-state index in [1.807, 2.05) is 25.1 Å². The van der Waals surface area contributed by atoms with Crippen LogP contribution in [0, 0.1) is 0 Å². The Morgan fingerprint density at radius 1 is 1.27 bits per heavy atom. The molecule has 6 heteroatoms. The van der Waals surface area contributed by atoms with Gasteiger partial charge in [-0.1, -0.05) is 42.1 Å². The largest absolute Gasteiger partial charge is 0.468 e. The van der Waals surface area contributed by atoms with Gasteiger partial charge in [-0.2, -0.15) is 0 Å². The summed E-state index contributed by atoms with van der Waals surface area (Å²) in [6, 6.07) is 10.1. The fourth-order valence-corrected chi connectivity index (χ4v) is 4.09. The van der Waals surface area contributed by atoms with Crippen molar-refractivity contribution in [3.63, 3.8) is 0 Å². The van der Waals surface area contributed by atoms with E-state index in [4.69, 9.17) is 4.74 Å². The summed E-state index contributed by atoms with van der Waals surface area (Å²) in [4.78, 5) is 21.3. The normalized spacial score (nSPS) is 12.3. The van der Waals surface area contributed by atoms with Crippen LogP contribution in [0.1, 0.15) is 6.92 Å². The van der Waals surface area contributed by atoms with Gasteiger partial charge in [0.2, 0.25) is 0 Å². The number of benzene rings is 1. The van der Waals surface area contributed by atoms with Crippen LogP contribution in [0.4, 0.5) is 0 Å². The molecule has 1 unspecified atom stereocenters. The van der Waals surface area contributed by atoms with E-state index in [0.29, 0.717) is 0 Å². The zero-order valence-electron chi connectivity index (χ0n) is 12.1. The first-order valence-electron chi connectivity index (χ1n) is 6.73. The third-order valence-electron chi connectivity index (χ3n) is 3.24. The smallest absolute Gasteiger partial charge is 0.318 e. The predicted octanol–water partition coefficient (Wildman–Crippen LogP) is 4.01. The summed E-state index contributed by atoms with van der Waals surface area (Å²) in [6.07, 6.45) is 1.54. The lowest BCUT2D eigenvalue weighted by Crippen LogP contribution is -2.14. The molecular weight excluding hydrogens is 316 g/mol. The van der Waals surface area contributed by atoms with Crippen molar-refractivity contribution in [1.82, 2.24) is 9.97 Å². The highest BCUT2D eigenvalue weighted by molar-refractivity contribution is 8.00. The minimum Gasteiger partial charge on any atom is -0.468 e. The van der Waals surface area contributed by atoms with Gasteiger partial charge in [0.05, 0.1) is 12.5 Å². The Morgan fingerprint density at radius 3 is 2.77 bits per heavy atom. The third-order valence-corrected chi connectivity index (χ3v) is 5.21. The molecule has 0 amide bonds. The Balaban J connectivity index is 2.08. The molecule has 0 radical (unpaired) electrons. The Hall–Kier alpha value is -1.92. The average molecular weight is 330 g/mol. The van der Waals surface area contributed by atoms with Crippen LogP contribution >= 0.6 is 23.1 Å². The van der Waals surface area contributed by atoms with Gasteiger partial charge >= 0.3 is 5.97 Å². The summed E-state index contributed by atoms with van der Waals surface area (Å²) < 4.78 is 4.79. The maximum Gasteiger partial charge on any atom is 0.318 e. The van der Waals surface area contributed by atoms with Crippen molar-refractivity contribution in [3.05, 3.63) is 42.0 Å². The molecule has 1 aromatic carbocycles. The zero-order valence-corrected chi connectivity index (χ0v) is 13.8. The maximum absolute atomic E-state index is 11.7. The quantitative estimate of drug-likeness (QED) is 0.411. The number of fused-ring (bicyclic) bond motifs is 1. The molecule has 0 saturated heterocycles. The van der Waals surface area contributed by atoms with Gasteiger partial charge < -0.3 is 4.74 Å². The molecule has 112 valence electrons. The number of rotatable bonds is 4. The van der Waals surface area contributed by atoms with Gasteiger partial charge in [-0.3, -0.25) is 4.79 Å². The number of methoxy groups -OCH3 is 1. The van der Waals surface area contributed by atoms with E-state index in [0.717, 1.165) is 26.4 Å². The number of thioether (sulfide) groups is 1. The molecule has 0 saturated carbocycles. The molecule has 0 aliphatic heterocycles. The number of hydrogen-bond donors (Lipinski definition) is 0. The van der Waals surface area contributed by atoms with Crippen LogP contribution in [0.2, 0.25) is 0 Å². The zero-order chi connectivity index (χ0) is 15.5. The first-order valence-corrected chi connectivity index (χ1v) is 8.48. The average Bonchev–Trinajstić information content (AvgIpc) is 3.00. The van der Waals surface area contributed by atoms with Crippen molar-refractivity contribution in [3.8, 4) is 11.1 Å². The van der Waals surface area contributed by atoms with E-state index in [1.165, 1.54) is 18.9 Å². The van der Waals surface area contributed by atoms with Gasteiger partial charge in [0.1, 0.15) is 21.4 Å². The first-order chi connectivity index (χ1) is 10.7. The fourth-order valence-electron chi connectivity index (χ4n) is 2.15. The summed E-state index contributed by atoms with van der Waals surface area (Å²) in [5.74, 6) is -0.256. The number of thiophene rings is 1. The molecule has 0 bridgehead atoms. The molecule has 22 heavy (non-hydrogen) atoms. The van der Waals surface area contributed by atoms with E-state index >= 15 is 0 Å². The van der Waals surface area contributed by atoms with E-state index < -0.39 is 0 Å². The summed E-state index contributed by atoms with van der Waals surface area (Å²) in [5.41, 5.74) is 2.22. The molecule has 2 aromatic heterocycles. The standard InChI is InChI=1S/C16H14N2O2S2/c1-10(16(19)20-2)22-15-13-12(11-6-4-3-5-7-11)8-21-14(13)17-9-18-15/h3-10H,1-2H3. The van der Waals surface area contributed by atoms with Crippen molar-refractivity contribution in [2.24, 2.45) is 0 Å². The molecule has 0 N–H and O–H groups in total. The maximum atomic E-state index is 11.7. The minimum absolute atomic E-state index is 0.256. The van der Waals surface area contributed by atoms with Crippen molar-refractivity contribution in [2.75, 3.05) is 7.11 Å². The molecule has 0 fully saturated rings. The van der Waals surface area contributed by atoms with E-state index in [2.05, 4.69) is 27.5 Å². The Labute approximate surface area is 136 Å². The second-order valence-corrected chi connectivity index (χ2v) is 6.85. The number of nitrogens with zero attached hydrogens (tertiary/aromatic N) is 2. The number of esters is 1. The van der Waals surface area contributed by atoms with E-state index in [9.17, 15) is 4.79 Å². The molecular formula is C16H14N2O2S2. The van der Waals surface area contributed by atoms with Gasteiger partial charge in [0.15, 0.2) is 0 Å². The summed E-state index contributed by atoms with van der Waals surface area (Å²) >= 11 is 2.98. The highest BCUT2D eigenvalue weighted by Gasteiger charge is 2.19. The van der Waals surface area contributed by atoms with Gasteiger partial charge in [0.25, 0.3) is 0 Å². The van der Waals surface area contributed by atoms with Gasteiger partial charge in [-0.15, -0.1) is 11.3 Å². The Kier molecular flexibility index (Phi) is 4.40. The van der Waals surface area contributed by atoms with Crippen LogP contribution in [0.5, 0.6) is 0 Å². The Bertz CT molecular complexity index is 802. The van der Waals surface area contributed by atoms with Gasteiger partial charge in [-0.05, 0) is 12.5 Å². The van der Waals surface area contributed by atoms with E-state index in [-0.39, 0.29) is 11.2 Å². The summed E-state index contributed by atoms with van der Waals surface area (Å²) in [7, 11) is 1.40. The second kappa shape index (κ2) is 6.46. The van der Waals surface area contributed by atoms with Crippen LogP contribution in [0.3, 0.4) is 0 Å². The molecule has 4 nitrogen and oxygen atoms in total. The van der Waals surface area contributed by atoms with Crippen LogP contribution in [0.15, 0.2) is 47.1 Å². The van der Waals surface area contributed by atoms with Crippen molar-refractivity contribution < 1.29 is 9.53 Å². The second-order valence-electron chi connectivity index (χ2n) is 4.66. The van der Waals surface area contributed by atoms with Crippen molar-refractivity contribution in [2.45, 2.75) is 17.2 Å². The number of carbonyl (C=O) groups is 1. The van der Waals surface area contributed by atoms with Gasteiger partial charge in [0, 0.05) is 10.9 Å². The lowest BCUT2D eigenvalue weighted by molar-refractivity contribution is -0.139. The highest BCUT2D eigenvalue weighted by Crippen LogP contribution is 2.38. The highest BCUT2D eigenvalue weighted by atomic mass is 32.2. The topological polar surface area (TPSA) is 52.1 Å². The number of hydrogen-bond acceptors (Lipinski definition) is 6. The number of aromatic nitrogens is 2. The number of carbonyl (C=O) groups excluding carboxylic acids is 1.